The highest BCUT2D eigenvalue weighted by Crippen LogP contribution is 2.10. The van der Waals surface area contributed by atoms with Crippen LogP contribution < -0.4 is 10.1 Å². The van der Waals surface area contributed by atoms with Crippen molar-refractivity contribution in [2.75, 3.05) is 19.0 Å². The number of anilines is 1. The Morgan fingerprint density at radius 2 is 2.21 bits per heavy atom. The van der Waals surface area contributed by atoms with Gasteiger partial charge >= 0.3 is 6.01 Å². The van der Waals surface area contributed by atoms with Crippen LogP contribution in [0.4, 0.5) is 6.01 Å². The topological polar surface area (TPSA) is 82.3 Å². The Hall–Kier alpha value is -2.15. The number of methoxy groups -OCH3 is 1. The third kappa shape index (κ3) is 3.92. The van der Waals surface area contributed by atoms with E-state index in [2.05, 4.69) is 20.5 Å². The van der Waals surface area contributed by atoms with E-state index in [1.54, 1.807) is 13.2 Å². The van der Waals surface area contributed by atoms with Gasteiger partial charge in [-0.3, -0.25) is 0 Å². The summed E-state index contributed by atoms with van der Waals surface area (Å²) in [5.41, 5.74) is 0.823. The summed E-state index contributed by atoms with van der Waals surface area (Å²) >= 11 is 0. The molecule has 0 amide bonds. The zero-order chi connectivity index (χ0) is 13.5. The molecular weight excluding hydrogens is 248 g/mol. The van der Waals surface area contributed by atoms with E-state index in [0.29, 0.717) is 37.5 Å². The molecule has 0 spiro atoms. The van der Waals surface area contributed by atoms with Gasteiger partial charge in [0.1, 0.15) is 6.61 Å². The molecule has 0 aliphatic carbocycles. The Labute approximate surface area is 111 Å². The minimum absolute atomic E-state index is 0.322. The van der Waals surface area contributed by atoms with Gasteiger partial charge in [0.05, 0.1) is 19.3 Å². The second kappa shape index (κ2) is 6.69. The molecule has 0 unspecified atom stereocenters. The zero-order valence-corrected chi connectivity index (χ0v) is 10.9. The molecule has 102 valence electrons. The van der Waals surface area contributed by atoms with Crippen LogP contribution in [-0.2, 0) is 17.9 Å². The van der Waals surface area contributed by atoms with Crippen LogP contribution in [0, 0.1) is 0 Å². The number of nitrogens with zero attached hydrogens (tertiary/aromatic N) is 3. The summed E-state index contributed by atoms with van der Waals surface area (Å²) in [6.07, 6.45) is 0. The molecule has 2 heterocycles. The van der Waals surface area contributed by atoms with Gasteiger partial charge in [-0.15, -0.1) is 5.10 Å². The zero-order valence-electron chi connectivity index (χ0n) is 10.9. The summed E-state index contributed by atoms with van der Waals surface area (Å²) in [5.74, 6) is 1.02. The van der Waals surface area contributed by atoms with Crippen LogP contribution in [0.1, 0.15) is 18.5 Å². The molecule has 1 N–H and O–H groups in total. The molecule has 0 radical (unpaired) electrons. The smallest absolute Gasteiger partial charge is 0.315 e. The van der Waals surface area contributed by atoms with Crippen molar-refractivity contribution in [1.29, 1.82) is 0 Å². The molecule has 0 aliphatic heterocycles. The van der Waals surface area contributed by atoms with Crippen LogP contribution in [-0.4, -0.2) is 28.9 Å². The summed E-state index contributed by atoms with van der Waals surface area (Å²) in [4.78, 5) is 4.26. The molecular formula is C12H16N4O3. The highest BCUT2D eigenvalue weighted by Gasteiger charge is 2.06. The van der Waals surface area contributed by atoms with Crippen LogP contribution in [0.25, 0.3) is 0 Å². The fourth-order valence-corrected chi connectivity index (χ4v) is 1.41. The maximum atomic E-state index is 5.35. The van der Waals surface area contributed by atoms with Gasteiger partial charge < -0.3 is 19.2 Å². The Bertz CT molecular complexity index is 515. The van der Waals surface area contributed by atoms with Crippen molar-refractivity contribution in [3.8, 4) is 5.88 Å². The van der Waals surface area contributed by atoms with Crippen molar-refractivity contribution in [2.24, 2.45) is 0 Å². The summed E-state index contributed by atoms with van der Waals surface area (Å²) < 4.78 is 15.6. The van der Waals surface area contributed by atoms with Crippen LogP contribution in [0.5, 0.6) is 5.88 Å². The van der Waals surface area contributed by atoms with Gasteiger partial charge in [0.25, 0.3) is 0 Å². The third-order valence-electron chi connectivity index (χ3n) is 2.31. The van der Waals surface area contributed by atoms with Crippen molar-refractivity contribution in [2.45, 2.75) is 20.1 Å². The number of aromatic nitrogens is 3. The monoisotopic (exact) mass is 264 g/mol. The van der Waals surface area contributed by atoms with E-state index in [4.69, 9.17) is 13.9 Å². The number of hydrogen-bond acceptors (Lipinski definition) is 7. The highest BCUT2D eigenvalue weighted by atomic mass is 16.5. The maximum absolute atomic E-state index is 5.35. The van der Waals surface area contributed by atoms with Gasteiger partial charge in [0.15, 0.2) is 0 Å². The van der Waals surface area contributed by atoms with Gasteiger partial charge in [-0.1, -0.05) is 11.2 Å². The number of hydrogen-bond donors (Lipinski definition) is 1. The van der Waals surface area contributed by atoms with Crippen molar-refractivity contribution < 1.29 is 13.9 Å². The number of nitrogens with one attached hydrogen (secondary N) is 1. The van der Waals surface area contributed by atoms with Crippen molar-refractivity contribution >= 4 is 6.01 Å². The fourth-order valence-electron chi connectivity index (χ4n) is 1.41. The Kier molecular flexibility index (Phi) is 4.68. The lowest BCUT2D eigenvalue weighted by molar-refractivity contribution is 0.115. The van der Waals surface area contributed by atoms with Crippen LogP contribution >= 0.6 is 0 Å². The molecule has 0 aliphatic rings. The average molecular weight is 264 g/mol. The molecule has 0 bridgehead atoms. The van der Waals surface area contributed by atoms with E-state index in [-0.39, 0.29) is 0 Å². The van der Waals surface area contributed by atoms with E-state index in [9.17, 15) is 0 Å². The molecule has 7 nitrogen and oxygen atoms in total. The first-order chi connectivity index (χ1) is 9.31. The number of pyridine rings is 1. The molecule has 0 fully saturated rings. The summed E-state index contributed by atoms with van der Waals surface area (Å²) in [6.45, 7) is 3.32. The van der Waals surface area contributed by atoms with E-state index >= 15 is 0 Å². The molecule has 19 heavy (non-hydrogen) atoms. The van der Waals surface area contributed by atoms with Gasteiger partial charge in [-0.2, -0.15) is 0 Å². The SMILES string of the molecule is CCOCc1nnc(NCc2cccc(OC)n2)o1. The summed E-state index contributed by atoms with van der Waals surface area (Å²) in [7, 11) is 1.58. The predicted octanol–water partition coefficient (Wildman–Crippen LogP) is 1.62. The second-order valence-electron chi connectivity index (χ2n) is 3.66. The largest absolute Gasteiger partial charge is 0.481 e. The second-order valence-corrected chi connectivity index (χ2v) is 3.66. The first-order valence-corrected chi connectivity index (χ1v) is 5.95. The first kappa shape index (κ1) is 13.3. The van der Waals surface area contributed by atoms with Crippen molar-refractivity contribution in [1.82, 2.24) is 15.2 Å². The van der Waals surface area contributed by atoms with Crippen LogP contribution in [0.15, 0.2) is 22.6 Å². The molecule has 0 aromatic carbocycles. The molecule has 7 heteroatoms. The summed E-state index contributed by atoms with van der Waals surface area (Å²) in [5, 5.41) is 10.7. The van der Waals surface area contributed by atoms with E-state index in [1.807, 2.05) is 19.1 Å². The molecule has 2 aromatic rings. The number of rotatable bonds is 7. The lowest BCUT2D eigenvalue weighted by atomic mass is 10.3. The minimum Gasteiger partial charge on any atom is -0.481 e. The fraction of sp³-hybridized carbons (Fsp3) is 0.417. The average Bonchev–Trinajstić information content (AvgIpc) is 2.91. The molecule has 2 aromatic heterocycles. The number of ether oxygens (including phenoxy) is 2. The van der Waals surface area contributed by atoms with Gasteiger partial charge in [0, 0.05) is 12.7 Å². The maximum Gasteiger partial charge on any atom is 0.315 e. The highest BCUT2D eigenvalue weighted by molar-refractivity contribution is 5.22. The molecule has 0 saturated carbocycles. The lowest BCUT2D eigenvalue weighted by Gasteiger charge is -2.03. The van der Waals surface area contributed by atoms with Crippen LogP contribution in [0.3, 0.4) is 0 Å². The van der Waals surface area contributed by atoms with Crippen LogP contribution in [0.2, 0.25) is 0 Å². The minimum atomic E-state index is 0.322. The van der Waals surface area contributed by atoms with E-state index in [1.165, 1.54) is 0 Å². The van der Waals surface area contributed by atoms with Crippen molar-refractivity contribution in [3.63, 3.8) is 0 Å². The van der Waals surface area contributed by atoms with E-state index < -0.39 is 0 Å². The Morgan fingerprint density at radius 1 is 1.32 bits per heavy atom. The quantitative estimate of drug-likeness (QED) is 0.813. The third-order valence-corrected chi connectivity index (χ3v) is 2.31. The van der Waals surface area contributed by atoms with Gasteiger partial charge in [-0.05, 0) is 13.0 Å². The molecule has 2 rings (SSSR count). The normalized spacial score (nSPS) is 10.4. The van der Waals surface area contributed by atoms with Crippen molar-refractivity contribution in [3.05, 3.63) is 29.8 Å². The predicted molar refractivity (Wildman–Crippen MR) is 67.7 cm³/mol. The molecule has 0 saturated heterocycles. The molecule has 0 atom stereocenters. The van der Waals surface area contributed by atoms with Gasteiger partial charge in [0.2, 0.25) is 11.8 Å². The van der Waals surface area contributed by atoms with Gasteiger partial charge in [-0.25, -0.2) is 4.98 Å². The summed E-state index contributed by atoms with van der Waals surface area (Å²) in [6, 6.07) is 5.89. The Morgan fingerprint density at radius 3 is 3.00 bits per heavy atom. The lowest BCUT2D eigenvalue weighted by Crippen LogP contribution is -2.02. The van der Waals surface area contributed by atoms with E-state index in [0.717, 1.165) is 5.69 Å². The first-order valence-electron chi connectivity index (χ1n) is 5.95. The Balaban J connectivity index is 1.89. The standard InChI is InChI=1S/C12H16N4O3/c1-3-18-8-11-15-16-12(19-11)13-7-9-5-4-6-10(14-9)17-2/h4-6H,3,7-8H2,1-2H3,(H,13,16).